The minimum absolute atomic E-state index is 0.189. The summed E-state index contributed by atoms with van der Waals surface area (Å²) in [5, 5.41) is 7.04. The zero-order chi connectivity index (χ0) is 14.5. The minimum atomic E-state index is -0.524. The molecule has 0 aliphatic rings. The van der Waals surface area contributed by atoms with Crippen molar-refractivity contribution in [2.24, 2.45) is 0 Å². The van der Waals surface area contributed by atoms with Crippen molar-refractivity contribution < 1.29 is 14.3 Å². The molecule has 0 fully saturated rings. The van der Waals surface area contributed by atoms with Crippen molar-refractivity contribution in [1.29, 1.82) is 0 Å². The van der Waals surface area contributed by atoms with Gasteiger partial charge in [-0.2, -0.15) is 5.10 Å². The Bertz CT molecular complexity index is 639. The van der Waals surface area contributed by atoms with Gasteiger partial charge in [-0.15, -0.1) is 0 Å². The van der Waals surface area contributed by atoms with Crippen LogP contribution in [0.1, 0.15) is 10.5 Å². The number of hydrogen-bond acceptors (Lipinski definition) is 4. The standard InChI is InChI=1S/C13H12ClN3O3/c1-20-12(18)8-15-13(19)10-6-7-17(16-10)11-5-3-2-4-9(11)14/h2-7H,8H2,1H3,(H,15,19). The molecule has 0 aliphatic carbocycles. The van der Waals surface area contributed by atoms with E-state index < -0.39 is 11.9 Å². The Kier molecular flexibility index (Phi) is 4.37. The van der Waals surface area contributed by atoms with E-state index in [1.165, 1.54) is 17.9 Å². The SMILES string of the molecule is COC(=O)CNC(=O)c1ccn(-c2ccccc2Cl)n1. The van der Waals surface area contributed by atoms with Crippen LogP contribution in [0, 0.1) is 0 Å². The van der Waals surface area contributed by atoms with Crippen LogP contribution in [-0.2, 0) is 9.53 Å². The Morgan fingerprint density at radius 1 is 1.35 bits per heavy atom. The molecule has 1 heterocycles. The molecule has 0 unspecified atom stereocenters. The molecule has 1 N–H and O–H groups in total. The number of nitrogens with zero attached hydrogens (tertiary/aromatic N) is 2. The lowest BCUT2D eigenvalue weighted by Gasteiger charge is -2.03. The average molecular weight is 294 g/mol. The Balaban J connectivity index is 2.11. The van der Waals surface area contributed by atoms with Gasteiger partial charge in [-0.05, 0) is 18.2 Å². The molecule has 2 aromatic rings. The van der Waals surface area contributed by atoms with Gasteiger partial charge in [0.15, 0.2) is 5.69 Å². The van der Waals surface area contributed by atoms with Crippen LogP contribution in [0.3, 0.4) is 0 Å². The van der Waals surface area contributed by atoms with Gasteiger partial charge in [-0.1, -0.05) is 23.7 Å². The van der Waals surface area contributed by atoms with E-state index in [9.17, 15) is 9.59 Å². The number of halogens is 1. The second-order valence-corrected chi connectivity index (χ2v) is 4.26. The summed E-state index contributed by atoms with van der Waals surface area (Å²) in [6.07, 6.45) is 1.62. The lowest BCUT2D eigenvalue weighted by molar-refractivity contribution is -0.139. The summed E-state index contributed by atoms with van der Waals surface area (Å²) >= 11 is 6.05. The number of carbonyl (C=O) groups is 2. The third kappa shape index (κ3) is 3.16. The smallest absolute Gasteiger partial charge is 0.325 e. The zero-order valence-electron chi connectivity index (χ0n) is 10.7. The molecule has 0 spiro atoms. The third-order valence-electron chi connectivity index (χ3n) is 2.54. The summed E-state index contributed by atoms with van der Waals surface area (Å²) < 4.78 is 5.93. The van der Waals surface area contributed by atoms with Crippen LogP contribution >= 0.6 is 11.6 Å². The first-order valence-electron chi connectivity index (χ1n) is 5.77. The van der Waals surface area contributed by atoms with Crippen molar-refractivity contribution in [2.75, 3.05) is 13.7 Å². The van der Waals surface area contributed by atoms with Gasteiger partial charge in [-0.25, -0.2) is 4.68 Å². The van der Waals surface area contributed by atoms with E-state index in [0.29, 0.717) is 10.7 Å². The fraction of sp³-hybridized carbons (Fsp3) is 0.154. The number of esters is 1. The highest BCUT2D eigenvalue weighted by atomic mass is 35.5. The molecule has 6 nitrogen and oxygen atoms in total. The summed E-state index contributed by atoms with van der Waals surface area (Å²) in [6, 6.07) is 8.68. The van der Waals surface area contributed by atoms with Gasteiger partial charge in [-0.3, -0.25) is 9.59 Å². The van der Waals surface area contributed by atoms with Crippen molar-refractivity contribution in [3.63, 3.8) is 0 Å². The summed E-state index contributed by atoms with van der Waals surface area (Å²) in [4.78, 5) is 22.7. The lowest BCUT2D eigenvalue weighted by atomic mass is 10.3. The Morgan fingerprint density at radius 2 is 2.10 bits per heavy atom. The summed E-state index contributed by atoms with van der Waals surface area (Å²) in [7, 11) is 1.25. The van der Waals surface area contributed by atoms with Crippen molar-refractivity contribution in [3.05, 3.63) is 47.2 Å². The second-order valence-electron chi connectivity index (χ2n) is 3.86. The number of para-hydroxylation sites is 1. The first-order valence-corrected chi connectivity index (χ1v) is 6.15. The number of hydrogen-bond donors (Lipinski definition) is 1. The van der Waals surface area contributed by atoms with Crippen LogP contribution in [0.15, 0.2) is 36.5 Å². The van der Waals surface area contributed by atoms with Gasteiger partial charge >= 0.3 is 5.97 Å². The molecule has 7 heteroatoms. The topological polar surface area (TPSA) is 73.2 Å². The number of rotatable bonds is 4. The Hall–Kier alpha value is -2.34. The average Bonchev–Trinajstić information content (AvgIpc) is 2.94. The monoisotopic (exact) mass is 293 g/mol. The molecule has 1 amide bonds. The van der Waals surface area contributed by atoms with Crippen molar-refractivity contribution >= 4 is 23.5 Å². The van der Waals surface area contributed by atoms with Gasteiger partial charge in [0.25, 0.3) is 5.91 Å². The predicted octanol–water partition coefficient (Wildman–Crippen LogP) is 1.43. The quantitative estimate of drug-likeness (QED) is 0.866. The normalized spacial score (nSPS) is 10.1. The van der Waals surface area contributed by atoms with Gasteiger partial charge in [0.1, 0.15) is 6.54 Å². The maximum atomic E-state index is 11.8. The highest BCUT2D eigenvalue weighted by Crippen LogP contribution is 2.18. The number of amides is 1. The molecule has 0 saturated heterocycles. The Labute approximate surface area is 120 Å². The molecular formula is C13H12ClN3O3. The highest BCUT2D eigenvalue weighted by Gasteiger charge is 2.12. The summed E-state index contributed by atoms with van der Waals surface area (Å²) in [6.45, 7) is -0.200. The largest absolute Gasteiger partial charge is 0.468 e. The van der Waals surface area contributed by atoms with Crippen LogP contribution in [0.4, 0.5) is 0 Å². The third-order valence-corrected chi connectivity index (χ3v) is 2.86. The first-order chi connectivity index (χ1) is 9.61. The number of aromatic nitrogens is 2. The zero-order valence-corrected chi connectivity index (χ0v) is 11.4. The summed E-state index contributed by atoms with van der Waals surface area (Å²) in [5.41, 5.74) is 0.856. The molecule has 1 aromatic heterocycles. The van der Waals surface area contributed by atoms with E-state index in [0.717, 1.165) is 0 Å². The Morgan fingerprint density at radius 3 is 2.80 bits per heavy atom. The lowest BCUT2D eigenvalue weighted by Crippen LogP contribution is -2.30. The summed E-state index contributed by atoms with van der Waals surface area (Å²) in [5.74, 6) is -0.981. The van der Waals surface area contributed by atoms with E-state index in [1.807, 2.05) is 6.07 Å². The van der Waals surface area contributed by atoms with Gasteiger partial charge in [0.2, 0.25) is 0 Å². The van der Waals surface area contributed by atoms with E-state index in [-0.39, 0.29) is 12.2 Å². The number of benzene rings is 1. The molecule has 0 bridgehead atoms. The van der Waals surface area contributed by atoms with Gasteiger partial charge < -0.3 is 10.1 Å². The maximum Gasteiger partial charge on any atom is 0.325 e. The number of carbonyl (C=O) groups excluding carboxylic acids is 2. The molecule has 20 heavy (non-hydrogen) atoms. The van der Waals surface area contributed by atoms with E-state index in [1.54, 1.807) is 24.4 Å². The molecule has 2 rings (SSSR count). The van der Waals surface area contributed by atoms with Crippen LogP contribution in [0.5, 0.6) is 0 Å². The molecule has 1 aromatic carbocycles. The molecule has 0 radical (unpaired) electrons. The fourth-order valence-electron chi connectivity index (χ4n) is 1.53. The van der Waals surface area contributed by atoms with E-state index in [4.69, 9.17) is 11.6 Å². The maximum absolute atomic E-state index is 11.8. The first kappa shape index (κ1) is 14.1. The van der Waals surface area contributed by atoms with Crippen molar-refractivity contribution in [1.82, 2.24) is 15.1 Å². The van der Waals surface area contributed by atoms with E-state index in [2.05, 4.69) is 15.2 Å². The van der Waals surface area contributed by atoms with E-state index >= 15 is 0 Å². The highest BCUT2D eigenvalue weighted by molar-refractivity contribution is 6.32. The van der Waals surface area contributed by atoms with Crippen LogP contribution < -0.4 is 5.32 Å². The molecule has 0 saturated carbocycles. The second kappa shape index (κ2) is 6.21. The molecule has 0 atom stereocenters. The van der Waals surface area contributed by atoms with Gasteiger partial charge in [0.05, 0.1) is 17.8 Å². The molecule has 104 valence electrons. The minimum Gasteiger partial charge on any atom is -0.468 e. The van der Waals surface area contributed by atoms with Crippen LogP contribution in [0.25, 0.3) is 5.69 Å². The molecular weight excluding hydrogens is 282 g/mol. The number of nitrogens with one attached hydrogen (secondary N) is 1. The van der Waals surface area contributed by atoms with Crippen LogP contribution in [-0.4, -0.2) is 35.3 Å². The number of methoxy groups -OCH3 is 1. The van der Waals surface area contributed by atoms with Crippen LogP contribution in [0.2, 0.25) is 5.02 Å². The van der Waals surface area contributed by atoms with Crippen molar-refractivity contribution in [3.8, 4) is 5.69 Å². The van der Waals surface area contributed by atoms with Crippen molar-refractivity contribution in [2.45, 2.75) is 0 Å². The predicted molar refractivity (Wildman–Crippen MR) is 72.9 cm³/mol. The molecule has 0 aliphatic heterocycles. The van der Waals surface area contributed by atoms with Gasteiger partial charge in [0, 0.05) is 6.20 Å². The fourth-order valence-corrected chi connectivity index (χ4v) is 1.75. The number of ether oxygens (including phenoxy) is 1.